The van der Waals surface area contributed by atoms with Gasteiger partial charge in [0.1, 0.15) is 11.5 Å². The zero-order chi connectivity index (χ0) is 13.0. The maximum absolute atomic E-state index is 13.2. The maximum atomic E-state index is 13.2. The maximum Gasteiger partial charge on any atom is 0.295 e. The molecule has 1 atom stereocenters. The first kappa shape index (κ1) is 13.6. The Morgan fingerprint density at radius 1 is 1.71 bits per heavy atom. The smallest absolute Gasteiger partial charge is 0.295 e. The fraction of sp³-hybridized carbons (Fsp3) is 0.273. The molecule has 0 heterocycles. The van der Waals surface area contributed by atoms with E-state index in [1.165, 1.54) is 6.07 Å². The van der Waals surface area contributed by atoms with E-state index in [1.807, 2.05) is 6.92 Å². The third kappa shape index (κ3) is 3.52. The number of hydrogen-bond donors (Lipinski definition) is 1. The molecule has 17 heavy (non-hydrogen) atoms. The number of halogens is 2. The van der Waals surface area contributed by atoms with Crippen molar-refractivity contribution in [2.45, 2.75) is 19.4 Å². The van der Waals surface area contributed by atoms with E-state index in [9.17, 15) is 14.5 Å². The van der Waals surface area contributed by atoms with Crippen LogP contribution in [0.15, 0.2) is 29.3 Å². The average Bonchev–Trinajstić information content (AvgIpc) is 2.23. The average molecular weight is 303 g/mol. The molecule has 0 radical (unpaired) electrons. The highest BCUT2D eigenvalue weighted by Gasteiger charge is 2.18. The van der Waals surface area contributed by atoms with Crippen molar-refractivity contribution < 1.29 is 9.31 Å². The summed E-state index contributed by atoms with van der Waals surface area (Å²) in [5.74, 6) is -0.654. The molecule has 1 unspecified atom stereocenters. The van der Waals surface area contributed by atoms with Gasteiger partial charge in [-0.3, -0.25) is 10.1 Å². The van der Waals surface area contributed by atoms with Gasteiger partial charge in [0.05, 0.1) is 15.5 Å². The number of benzene rings is 1. The summed E-state index contributed by atoms with van der Waals surface area (Å²) in [5, 5.41) is 13.7. The molecule has 1 N–H and O–H groups in total. The monoisotopic (exact) mass is 302 g/mol. The van der Waals surface area contributed by atoms with Gasteiger partial charge in [-0.05, 0) is 35.3 Å². The molecule has 0 aliphatic rings. The Bertz CT molecular complexity index is 451. The minimum Gasteiger partial charge on any atom is -0.377 e. The molecule has 0 aliphatic carbocycles. The van der Waals surface area contributed by atoms with E-state index in [4.69, 9.17) is 0 Å². The largest absolute Gasteiger partial charge is 0.377 e. The number of hydrogen-bond acceptors (Lipinski definition) is 3. The summed E-state index contributed by atoms with van der Waals surface area (Å²) in [5.41, 5.74) is 0.0132. The van der Waals surface area contributed by atoms with Crippen molar-refractivity contribution >= 4 is 27.3 Å². The van der Waals surface area contributed by atoms with Crippen molar-refractivity contribution in [1.82, 2.24) is 0 Å². The molecule has 0 amide bonds. The zero-order valence-electron chi connectivity index (χ0n) is 9.24. The molecule has 0 saturated carbocycles. The number of anilines is 1. The van der Waals surface area contributed by atoms with E-state index in [0.717, 1.165) is 6.07 Å². The van der Waals surface area contributed by atoms with Crippen molar-refractivity contribution in [2.24, 2.45) is 0 Å². The van der Waals surface area contributed by atoms with Crippen LogP contribution >= 0.6 is 15.9 Å². The topological polar surface area (TPSA) is 55.2 Å². The van der Waals surface area contributed by atoms with Crippen LogP contribution in [0.4, 0.5) is 15.8 Å². The molecular weight excluding hydrogens is 291 g/mol. The van der Waals surface area contributed by atoms with E-state index in [-0.39, 0.29) is 21.9 Å². The Balaban J connectivity index is 3.08. The van der Waals surface area contributed by atoms with Gasteiger partial charge in [-0.1, -0.05) is 6.08 Å². The lowest BCUT2D eigenvalue weighted by Crippen LogP contribution is -2.15. The first-order chi connectivity index (χ1) is 7.95. The van der Waals surface area contributed by atoms with Gasteiger partial charge in [-0.2, -0.15) is 0 Å². The molecule has 0 aromatic heterocycles. The van der Waals surface area contributed by atoms with Crippen LogP contribution in [0.5, 0.6) is 0 Å². The third-order valence-electron chi connectivity index (χ3n) is 2.16. The van der Waals surface area contributed by atoms with E-state index >= 15 is 0 Å². The molecule has 0 bridgehead atoms. The first-order valence-electron chi connectivity index (χ1n) is 4.96. The highest BCUT2D eigenvalue weighted by atomic mass is 79.9. The molecule has 1 rings (SSSR count). The molecule has 0 spiro atoms. The van der Waals surface area contributed by atoms with Crippen LogP contribution in [0.1, 0.15) is 13.3 Å². The molecule has 6 heteroatoms. The standard InChI is InChI=1S/C11H12BrFN2O2/c1-3-4-7(2)14-10-5-8(12)9(13)6-11(10)15(16)17/h3,5-7,14H,1,4H2,2H3. The summed E-state index contributed by atoms with van der Waals surface area (Å²) in [6, 6.07) is 2.25. The third-order valence-corrected chi connectivity index (χ3v) is 2.77. The van der Waals surface area contributed by atoms with Crippen LogP contribution in [-0.2, 0) is 0 Å². The molecule has 92 valence electrons. The van der Waals surface area contributed by atoms with E-state index in [1.54, 1.807) is 6.08 Å². The quantitative estimate of drug-likeness (QED) is 0.510. The van der Waals surface area contributed by atoms with E-state index in [2.05, 4.69) is 27.8 Å². The second-order valence-electron chi connectivity index (χ2n) is 3.61. The van der Waals surface area contributed by atoms with Gasteiger partial charge in [0, 0.05) is 6.04 Å². The fourth-order valence-corrected chi connectivity index (χ4v) is 1.72. The number of nitrogens with one attached hydrogen (secondary N) is 1. The second kappa shape index (κ2) is 5.77. The minimum absolute atomic E-state index is 0.0106. The predicted octanol–water partition coefficient (Wildman–Crippen LogP) is 3.87. The summed E-state index contributed by atoms with van der Waals surface area (Å²) in [4.78, 5) is 10.2. The summed E-state index contributed by atoms with van der Waals surface area (Å²) in [6.45, 7) is 5.45. The van der Waals surface area contributed by atoms with Crippen LogP contribution in [0.3, 0.4) is 0 Å². The molecule has 1 aromatic rings. The Hall–Kier alpha value is -1.43. The lowest BCUT2D eigenvalue weighted by molar-refractivity contribution is -0.384. The van der Waals surface area contributed by atoms with E-state index < -0.39 is 10.7 Å². The molecule has 0 fully saturated rings. The molecule has 1 aromatic carbocycles. The molecule has 4 nitrogen and oxygen atoms in total. The summed E-state index contributed by atoms with van der Waals surface area (Å²) < 4.78 is 13.4. The summed E-state index contributed by atoms with van der Waals surface area (Å²) in [7, 11) is 0. The first-order valence-corrected chi connectivity index (χ1v) is 5.76. The van der Waals surface area contributed by atoms with Crippen LogP contribution in [0.2, 0.25) is 0 Å². The normalized spacial score (nSPS) is 11.9. The van der Waals surface area contributed by atoms with Crippen LogP contribution in [0, 0.1) is 15.9 Å². The van der Waals surface area contributed by atoms with Crippen LogP contribution in [0.25, 0.3) is 0 Å². The molecular formula is C11H12BrFN2O2. The molecule has 0 aliphatic heterocycles. The second-order valence-corrected chi connectivity index (χ2v) is 4.46. The molecule has 0 saturated heterocycles. The van der Waals surface area contributed by atoms with Gasteiger partial charge in [-0.25, -0.2) is 4.39 Å². The van der Waals surface area contributed by atoms with Crippen molar-refractivity contribution in [1.29, 1.82) is 0 Å². The van der Waals surface area contributed by atoms with Crippen molar-refractivity contribution in [3.8, 4) is 0 Å². The van der Waals surface area contributed by atoms with Gasteiger partial charge in [0.25, 0.3) is 5.69 Å². The fourth-order valence-electron chi connectivity index (χ4n) is 1.38. The Morgan fingerprint density at radius 3 is 2.88 bits per heavy atom. The van der Waals surface area contributed by atoms with Crippen LogP contribution in [-0.4, -0.2) is 11.0 Å². The Kier molecular flexibility index (Phi) is 4.62. The van der Waals surface area contributed by atoms with Crippen molar-refractivity contribution in [3.63, 3.8) is 0 Å². The summed E-state index contributed by atoms with van der Waals surface area (Å²) in [6.07, 6.45) is 2.37. The van der Waals surface area contributed by atoms with Gasteiger partial charge < -0.3 is 5.32 Å². The van der Waals surface area contributed by atoms with Crippen molar-refractivity contribution in [3.05, 3.63) is 45.2 Å². The SMILES string of the molecule is C=CCC(C)Nc1cc(Br)c(F)cc1[N+](=O)[O-]. The Morgan fingerprint density at radius 2 is 2.35 bits per heavy atom. The number of nitro groups is 1. The minimum atomic E-state index is -0.654. The van der Waals surface area contributed by atoms with Gasteiger partial charge in [-0.15, -0.1) is 6.58 Å². The highest BCUT2D eigenvalue weighted by Crippen LogP contribution is 2.31. The zero-order valence-corrected chi connectivity index (χ0v) is 10.8. The number of rotatable bonds is 5. The lowest BCUT2D eigenvalue weighted by Gasteiger charge is -2.13. The van der Waals surface area contributed by atoms with E-state index in [0.29, 0.717) is 6.42 Å². The number of nitrogens with zero attached hydrogens (tertiary/aromatic N) is 1. The van der Waals surface area contributed by atoms with Crippen LogP contribution < -0.4 is 5.32 Å². The van der Waals surface area contributed by atoms with Gasteiger partial charge in [0.2, 0.25) is 0 Å². The Labute approximate surface area is 107 Å². The predicted molar refractivity (Wildman–Crippen MR) is 68.7 cm³/mol. The highest BCUT2D eigenvalue weighted by molar-refractivity contribution is 9.10. The lowest BCUT2D eigenvalue weighted by atomic mass is 10.2. The van der Waals surface area contributed by atoms with Crippen molar-refractivity contribution in [2.75, 3.05) is 5.32 Å². The summed E-state index contributed by atoms with van der Waals surface area (Å²) >= 11 is 3.00. The number of nitro benzene ring substituents is 1. The van der Waals surface area contributed by atoms with Gasteiger partial charge >= 0.3 is 0 Å². The van der Waals surface area contributed by atoms with Gasteiger partial charge in [0.15, 0.2) is 0 Å².